The second kappa shape index (κ2) is 6.51. The molecule has 0 amide bonds. The first kappa shape index (κ1) is 17.8. The SMILES string of the molecule is COC(=O)C1C2CC3C(OC(=O)C31)C2OC(=O)CN1C(C)CCCC1C. The molecular weight excluding hydrogens is 338 g/mol. The van der Waals surface area contributed by atoms with E-state index in [1.807, 2.05) is 0 Å². The average Bonchev–Trinajstić information content (AvgIpc) is 3.21. The van der Waals surface area contributed by atoms with Gasteiger partial charge in [0.1, 0.15) is 12.2 Å². The predicted molar refractivity (Wildman–Crippen MR) is 89.8 cm³/mol. The minimum absolute atomic E-state index is 0.0396. The Morgan fingerprint density at radius 3 is 2.54 bits per heavy atom. The van der Waals surface area contributed by atoms with Crippen LogP contribution in [-0.4, -0.2) is 60.8 Å². The Labute approximate surface area is 153 Å². The molecule has 2 aliphatic heterocycles. The molecule has 0 spiro atoms. The van der Waals surface area contributed by atoms with Gasteiger partial charge in [-0.1, -0.05) is 6.42 Å². The first-order valence-corrected chi connectivity index (χ1v) is 9.66. The third kappa shape index (κ3) is 2.63. The van der Waals surface area contributed by atoms with E-state index in [2.05, 4.69) is 18.7 Å². The maximum absolute atomic E-state index is 12.6. The minimum Gasteiger partial charge on any atom is -0.469 e. The number of carbonyl (C=O) groups is 3. The van der Waals surface area contributed by atoms with Gasteiger partial charge >= 0.3 is 17.9 Å². The van der Waals surface area contributed by atoms with Crippen LogP contribution in [0.4, 0.5) is 0 Å². The average molecular weight is 365 g/mol. The molecule has 0 aromatic carbocycles. The summed E-state index contributed by atoms with van der Waals surface area (Å²) in [5.74, 6) is -2.27. The van der Waals surface area contributed by atoms with Gasteiger partial charge in [0.2, 0.25) is 0 Å². The Bertz CT molecular complexity index is 611. The van der Waals surface area contributed by atoms with Gasteiger partial charge in [-0.25, -0.2) is 0 Å². The number of fused-ring (bicyclic) bond motifs is 1. The van der Waals surface area contributed by atoms with Gasteiger partial charge in [-0.15, -0.1) is 0 Å². The van der Waals surface area contributed by atoms with Crippen molar-refractivity contribution in [3.8, 4) is 0 Å². The second-order valence-corrected chi connectivity index (χ2v) is 8.30. The first-order valence-electron chi connectivity index (χ1n) is 9.66. The van der Waals surface area contributed by atoms with E-state index in [1.54, 1.807) is 0 Å². The summed E-state index contributed by atoms with van der Waals surface area (Å²) in [7, 11) is 1.33. The molecule has 0 aromatic heterocycles. The van der Waals surface area contributed by atoms with Gasteiger partial charge in [0.05, 0.1) is 25.5 Å². The van der Waals surface area contributed by atoms with Crippen molar-refractivity contribution in [1.29, 1.82) is 0 Å². The largest absolute Gasteiger partial charge is 0.469 e. The van der Waals surface area contributed by atoms with Crippen LogP contribution in [0.5, 0.6) is 0 Å². The van der Waals surface area contributed by atoms with Gasteiger partial charge in [0.25, 0.3) is 0 Å². The topological polar surface area (TPSA) is 82.1 Å². The molecule has 4 fully saturated rings. The molecule has 2 bridgehead atoms. The fourth-order valence-corrected chi connectivity index (χ4v) is 5.73. The van der Waals surface area contributed by atoms with Crippen LogP contribution in [0.1, 0.15) is 39.5 Å². The van der Waals surface area contributed by atoms with Gasteiger partial charge in [-0.2, -0.15) is 0 Å². The summed E-state index contributed by atoms with van der Waals surface area (Å²) in [6.07, 6.45) is 3.08. The highest BCUT2D eigenvalue weighted by atomic mass is 16.6. The Kier molecular flexibility index (Phi) is 4.45. The lowest BCUT2D eigenvalue weighted by Crippen LogP contribution is -2.49. The van der Waals surface area contributed by atoms with E-state index in [0.717, 1.165) is 12.8 Å². The molecule has 2 heterocycles. The Morgan fingerprint density at radius 1 is 1.19 bits per heavy atom. The van der Waals surface area contributed by atoms with Crippen LogP contribution >= 0.6 is 0 Å². The number of carbonyl (C=O) groups excluding carboxylic acids is 3. The standard InChI is InChI=1S/C19H27NO6/c1-9-5-4-6-10(2)20(9)8-13(21)25-16-11-7-12-15(14(11)18(22)24-3)19(23)26-17(12)16/h9-12,14-17H,4-8H2,1-3H3. The van der Waals surface area contributed by atoms with Crippen molar-refractivity contribution < 1.29 is 28.6 Å². The number of rotatable bonds is 4. The van der Waals surface area contributed by atoms with E-state index in [0.29, 0.717) is 18.5 Å². The van der Waals surface area contributed by atoms with Gasteiger partial charge in [0.15, 0.2) is 0 Å². The fourth-order valence-electron chi connectivity index (χ4n) is 5.73. The number of hydrogen-bond donors (Lipinski definition) is 0. The van der Waals surface area contributed by atoms with Crippen LogP contribution in [-0.2, 0) is 28.6 Å². The van der Waals surface area contributed by atoms with Crippen LogP contribution in [0, 0.1) is 23.7 Å². The number of likely N-dealkylation sites (tertiary alicyclic amines) is 1. The van der Waals surface area contributed by atoms with Crippen molar-refractivity contribution in [2.75, 3.05) is 13.7 Å². The summed E-state index contributed by atoms with van der Waals surface area (Å²) in [5.41, 5.74) is 0. The lowest BCUT2D eigenvalue weighted by molar-refractivity contribution is -0.167. The highest BCUT2D eigenvalue weighted by molar-refractivity contribution is 5.86. The normalized spacial score (nSPS) is 44.0. The molecule has 0 N–H and O–H groups in total. The Morgan fingerprint density at radius 2 is 1.88 bits per heavy atom. The molecule has 8 unspecified atom stereocenters. The van der Waals surface area contributed by atoms with E-state index in [9.17, 15) is 14.4 Å². The molecule has 0 radical (unpaired) electrons. The molecule has 2 aliphatic carbocycles. The van der Waals surface area contributed by atoms with Crippen molar-refractivity contribution in [2.45, 2.75) is 63.8 Å². The number of nitrogens with zero attached hydrogens (tertiary/aromatic N) is 1. The number of methoxy groups -OCH3 is 1. The number of esters is 3. The maximum atomic E-state index is 12.6. The highest BCUT2D eigenvalue weighted by Gasteiger charge is 2.70. The predicted octanol–water partition coefficient (Wildman–Crippen LogP) is 1.14. The monoisotopic (exact) mass is 365 g/mol. The molecule has 0 aromatic rings. The third-order valence-corrected chi connectivity index (χ3v) is 6.97. The molecule has 8 atom stereocenters. The fraction of sp³-hybridized carbons (Fsp3) is 0.842. The quantitative estimate of drug-likeness (QED) is 0.546. The van der Waals surface area contributed by atoms with E-state index in [-0.39, 0.29) is 30.3 Å². The molecule has 2 saturated heterocycles. The smallest absolute Gasteiger partial charge is 0.320 e. The van der Waals surface area contributed by atoms with E-state index in [1.165, 1.54) is 13.5 Å². The zero-order chi connectivity index (χ0) is 18.6. The molecule has 4 aliphatic rings. The number of hydrogen-bond acceptors (Lipinski definition) is 7. The lowest BCUT2D eigenvalue weighted by atomic mass is 9.78. The van der Waals surface area contributed by atoms with Crippen LogP contribution in [0.3, 0.4) is 0 Å². The zero-order valence-corrected chi connectivity index (χ0v) is 15.6. The van der Waals surface area contributed by atoms with Crippen molar-refractivity contribution in [2.24, 2.45) is 23.7 Å². The van der Waals surface area contributed by atoms with Crippen molar-refractivity contribution in [3.05, 3.63) is 0 Å². The third-order valence-electron chi connectivity index (χ3n) is 6.97. The summed E-state index contributed by atoms with van der Waals surface area (Å²) in [6.45, 7) is 4.51. The minimum atomic E-state index is -0.554. The van der Waals surface area contributed by atoms with E-state index in [4.69, 9.17) is 14.2 Å². The molecule has 7 heteroatoms. The molecule has 26 heavy (non-hydrogen) atoms. The van der Waals surface area contributed by atoms with Crippen LogP contribution in [0.25, 0.3) is 0 Å². The summed E-state index contributed by atoms with van der Waals surface area (Å²) in [4.78, 5) is 39.2. The summed E-state index contributed by atoms with van der Waals surface area (Å²) < 4.78 is 16.1. The number of piperidine rings is 1. The van der Waals surface area contributed by atoms with Crippen molar-refractivity contribution in [1.82, 2.24) is 4.90 Å². The summed E-state index contributed by atoms with van der Waals surface area (Å²) >= 11 is 0. The summed E-state index contributed by atoms with van der Waals surface area (Å²) in [6, 6.07) is 0.700. The van der Waals surface area contributed by atoms with Crippen LogP contribution in [0.15, 0.2) is 0 Å². The molecule has 144 valence electrons. The van der Waals surface area contributed by atoms with Crippen molar-refractivity contribution >= 4 is 17.9 Å². The molecule has 7 nitrogen and oxygen atoms in total. The number of ether oxygens (including phenoxy) is 3. The molecular formula is C19H27NO6. The van der Waals surface area contributed by atoms with E-state index < -0.39 is 30.0 Å². The highest BCUT2D eigenvalue weighted by Crippen LogP contribution is 2.58. The van der Waals surface area contributed by atoms with Gasteiger partial charge in [-0.05, 0) is 33.1 Å². The van der Waals surface area contributed by atoms with E-state index >= 15 is 0 Å². The van der Waals surface area contributed by atoms with Crippen LogP contribution in [0.2, 0.25) is 0 Å². The Balaban J connectivity index is 1.46. The maximum Gasteiger partial charge on any atom is 0.320 e. The van der Waals surface area contributed by atoms with Gasteiger partial charge in [0, 0.05) is 23.9 Å². The van der Waals surface area contributed by atoms with Crippen LogP contribution < -0.4 is 0 Å². The van der Waals surface area contributed by atoms with Crippen molar-refractivity contribution in [3.63, 3.8) is 0 Å². The first-order chi connectivity index (χ1) is 12.4. The second-order valence-electron chi connectivity index (χ2n) is 8.30. The van der Waals surface area contributed by atoms with Gasteiger partial charge < -0.3 is 14.2 Å². The molecule has 2 saturated carbocycles. The molecule has 4 rings (SSSR count). The Hall–Kier alpha value is -1.63. The zero-order valence-electron chi connectivity index (χ0n) is 15.6. The van der Waals surface area contributed by atoms with Gasteiger partial charge in [-0.3, -0.25) is 19.3 Å². The summed E-state index contributed by atoms with van der Waals surface area (Å²) in [5, 5.41) is 0. The lowest BCUT2D eigenvalue weighted by Gasteiger charge is -2.38.